The van der Waals surface area contributed by atoms with E-state index < -0.39 is 0 Å². The van der Waals surface area contributed by atoms with Gasteiger partial charge < -0.3 is 15.4 Å². The molecule has 1 heterocycles. The van der Waals surface area contributed by atoms with Crippen LogP contribution in [0.25, 0.3) is 10.9 Å². The first kappa shape index (κ1) is 16.4. The third-order valence-electron chi connectivity index (χ3n) is 3.61. The maximum atomic E-state index is 12.6. The monoisotopic (exact) mass is 335 g/mol. The molecule has 6 nitrogen and oxygen atoms in total. The van der Waals surface area contributed by atoms with E-state index >= 15 is 0 Å². The molecule has 1 aromatic heterocycles. The molecule has 0 fully saturated rings. The van der Waals surface area contributed by atoms with Crippen LogP contribution in [0.1, 0.15) is 17.3 Å². The van der Waals surface area contributed by atoms with Gasteiger partial charge in [-0.15, -0.1) is 0 Å². The molecule has 0 saturated heterocycles. The predicted octanol–water partition coefficient (Wildman–Crippen LogP) is 3.45. The molecule has 0 aliphatic heterocycles. The van der Waals surface area contributed by atoms with Crippen LogP contribution in [0.15, 0.2) is 54.7 Å². The minimum absolute atomic E-state index is 0.194. The second-order valence-corrected chi connectivity index (χ2v) is 5.47. The zero-order valence-electron chi connectivity index (χ0n) is 13.9. The summed E-state index contributed by atoms with van der Waals surface area (Å²) in [6.45, 7) is 1.42. The van der Waals surface area contributed by atoms with E-state index in [2.05, 4.69) is 15.6 Å². The van der Waals surface area contributed by atoms with E-state index in [9.17, 15) is 9.59 Å². The van der Waals surface area contributed by atoms with Crippen LogP contribution < -0.4 is 15.4 Å². The lowest BCUT2D eigenvalue weighted by Gasteiger charge is -2.11. The number of hydrogen-bond acceptors (Lipinski definition) is 4. The van der Waals surface area contributed by atoms with Crippen LogP contribution in [0.5, 0.6) is 5.75 Å². The van der Waals surface area contributed by atoms with Gasteiger partial charge in [-0.25, -0.2) is 0 Å². The van der Waals surface area contributed by atoms with Crippen molar-refractivity contribution >= 4 is 34.1 Å². The van der Waals surface area contributed by atoms with Crippen molar-refractivity contribution in [1.82, 2.24) is 4.98 Å². The number of carbonyl (C=O) groups excluding carboxylic acids is 2. The SMILES string of the molecule is COc1cc(NC(=O)c2cccc(NC(C)=O)c2)c2ncccc2c1. The number of methoxy groups -OCH3 is 1. The molecule has 0 spiro atoms. The maximum Gasteiger partial charge on any atom is 0.255 e. The minimum Gasteiger partial charge on any atom is -0.497 e. The Kier molecular flexibility index (Phi) is 4.61. The Morgan fingerprint density at radius 3 is 2.64 bits per heavy atom. The van der Waals surface area contributed by atoms with Gasteiger partial charge in [0.05, 0.1) is 18.3 Å². The van der Waals surface area contributed by atoms with Crippen LogP contribution in [0, 0.1) is 0 Å². The quantitative estimate of drug-likeness (QED) is 0.765. The maximum absolute atomic E-state index is 12.6. The number of amides is 2. The molecule has 2 N–H and O–H groups in total. The van der Waals surface area contributed by atoms with E-state index in [1.54, 1.807) is 43.6 Å². The predicted molar refractivity (Wildman–Crippen MR) is 97.0 cm³/mol. The molecule has 0 atom stereocenters. The Hall–Kier alpha value is -3.41. The van der Waals surface area contributed by atoms with Crippen molar-refractivity contribution in [3.8, 4) is 5.75 Å². The van der Waals surface area contributed by atoms with Gasteiger partial charge in [0.1, 0.15) is 5.75 Å². The standard InChI is InChI=1S/C19H17N3O3/c1-12(23)21-15-7-3-5-14(9-15)19(24)22-17-11-16(25-2)10-13-6-4-8-20-18(13)17/h3-11H,1-2H3,(H,21,23)(H,22,24). The number of hydrogen-bond donors (Lipinski definition) is 2. The number of fused-ring (bicyclic) bond motifs is 1. The lowest BCUT2D eigenvalue weighted by molar-refractivity contribution is -0.114. The highest BCUT2D eigenvalue weighted by atomic mass is 16.5. The van der Waals surface area contributed by atoms with E-state index in [-0.39, 0.29) is 11.8 Å². The van der Waals surface area contributed by atoms with Crippen LogP contribution >= 0.6 is 0 Å². The lowest BCUT2D eigenvalue weighted by atomic mass is 10.1. The Morgan fingerprint density at radius 1 is 1.04 bits per heavy atom. The molecule has 0 aliphatic carbocycles. The molecule has 0 bridgehead atoms. The summed E-state index contributed by atoms with van der Waals surface area (Å²) in [5.74, 6) is 0.135. The normalized spacial score (nSPS) is 10.3. The van der Waals surface area contributed by atoms with Crippen LogP contribution in [0.4, 0.5) is 11.4 Å². The number of pyridine rings is 1. The zero-order valence-corrected chi connectivity index (χ0v) is 13.9. The highest BCUT2D eigenvalue weighted by Gasteiger charge is 2.12. The summed E-state index contributed by atoms with van der Waals surface area (Å²) >= 11 is 0. The molecule has 2 aromatic carbocycles. The molecule has 6 heteroatoms. The molecule has 0 aliphatic rings. The Bertz CT molecular complexity index is 954. The van der Waals surface area contributed by atoms with E-state index in [4.69, 9.17) is 4.74 Å². The van der Waals surface area contributed by atoms with Gasteiger partial charge in [-0.05, 0) is 30.3 Å². The topological polar surface area (TPSA) is 80.3 Å². The molecule has 2 amide bonds. The number of anilines is 2. The van der Waals surface area contributed by atoms with Crippen LogP contribution in [0.3, 0.4) is 0 Å². The molecule has 3 rings (SSSR count). The first-order valence-electron chi connectivity index (χ1n) is 7.68. The van der Waals surface area contributed by atoms with Crippen molar-refractivity contribution in [2.75, 3.05) is 17.7 Å². The largest absolute Gasteiger partial charge is 0.497 e. The van der Waals surface area contributed by atoms with Crippen LogP contribution in [0.2, 0.25) is 0 Å². The summed E-state index contributed by atoms with van der Waals surface area (Å²) in [6.07, 6.45) is 1.67. The van der Waals surface area contributed by atoms with Gasteiger partial charge in [0.25, 0.3) is 5.91 Å². The number of nitrogens with zero attached hydrogens (tertiary/aromatic N) is 1. The van der Waals surface area contributed by atoms with Gasteiger partial charge in [0.2, 0.25) is 5.91 Å². The number of carbonyl (C=O) groups is 2. The number of aromatic nitrogens is 1. The van der Waals surface area contributed by atoms with Gasteiger partial charge in [-0.2, -0.15) is 0 Å². The highest BCUT2D eigenvalue weighted by molar-refractivity contribution is 6.09. The summed E-state index contributed by atoms with van der Waals surface area (Å²) in [6, 6.07) is 14.0. The van der Waals surface area contributed by atoms with E-state index in [1.165, 1.54) is 6.92 Å². The van der Waals surface area contributed by atoms with Gasteiger partial charge in [-0.1, -0.05) is 12.1 Å². The second kappa shape index (κ2) is 7.00. The fraction of sp³-hybridized carbons (Fsp3) is 0.105. The van der Waals surface area contributed by atoms with Gasteiger partial charge in [0, 0.05) is 35.8 Å². The fourth-order valence-electron chi connectivity index (χ4n) is 2.51. The molecule has 0 unspecified atom stereocenters. The lowest BCUT2D eigenvalue weighted by Crippen LogP contribution is -2.13. The summed E-state index contributed by atoms with van der Waals surface area (Å²) in [5.41, 5.74) is 2.23. The van der Waals surface area contributed by atoms with E-state index in [1.807, 2.05) is 18.2 Å². The minimum atomic E-state index is -0.299. The van der Waals surface area contributed by atoms with Crippen LogP contribution in [-0.2, 0) is 4.79 Å². The van der Waals surface area contributed by atoms with Crippen molar-refractivity contribution in [2.24, 2.45) is 0 Å². The van der Waals surface area contributed by atoms with E-state index in [0.29, 0.717) is 28.2 Å². The zero-order chi connectivity index (χ0) is 17.8. The van der Waals surface area contributed by atoms with Gasteiger partial charge in [0.15, 0.2) is 0 Å². The molecular formula is C19H17N3O3. The third-order valence-corrected chi connectivity index (χ3v) is 3.61. The Balaban J connectivity index is 1.93. The average molecular weight is 335 g/mol. The Labute approximate surface area is 144 Å². The smallest absolute Gasteiger partial charge is 0.255 e. The van der Waals surface area contributed by atoms with Crippen molar-refractivity contribution in [2.45, 2.75) is 6.92 Å². The van der Waals surface area contributed by atoms with Crippen molar-refractivity contribution in [1.29, 1.82) is 0 Å². The Morgan fingerprint density at radius 2 is 1.88 bits per heavy atom. The first-order valence-corrected chi connectivity index (χ1v) is 7.68. The highest BCUT2D eigenvalue weighted by Crippen LogP contribution is 2.28. The molecule has 0 saturated carbocycles. The first-order chi connectivity index (χ1) is 12.1. The number of benzene rings is 2. The van der Waals surface area contributed by atoms with Crippen molar-refractivity contribution in [3.63, 3.8) is 0 Å². The molecule has 126 valence electrons. The number of ether oxygens (including phenoxy) is 1. The third kappa shape index (κ3) is 3.74. The summed E-state index contributed by atoms with van der Waals surface area (Å²) in [7, 11) is 1.57. The molecular weight excluding hydrogens is 318 g/mol. The van der Waals surface area contributed by atoms with Gasteiger partial charge >= 0.3 is 0 Å². The summed E-state index contributed by atoms with van der Waals surface area (Å²) in [5, 5.41) is 6.39. The second-order valence-electron chi connectivity index (χ2n) is 5.47. The van der Waals surface area contributed by atoms with Crippen molar-refractivity contribution in [3.05, 3.63) is 60.3 Å². The van der Waals surface area contributed by atoms with E-state index in [0.717, 1.165) is 5.39 Å². The summed E-state index contributed by atoms with van der Waals surface area (Å²) < 4.78 is 5.29. The van der Waals surface area contributed by atoms with Crippen LogP contribution in [-0.4, -0.2) is 23.9 Å². The molecule has 0 radical (unpaired) electrons. The fourth-order valence-corrected chi connectivity index (χ4v) is 2.51. The van der Waals surface area contributed by atoms with Gasteiger partial charge in [-0.3, -0.25) is 14.6 Å². The summed E-state index contributed by atoms with van der Waals surface area (Å²) in [4.78, 5) is 28.1. The van der Waals surface area contributed by atoms with Crippen molar-refractivity contribution < 1.29 is 14.3 Å². The average Bonchev–Trinajstić information content (AvgIpc) is 2.61. The molecule has 25 heavy (non-hydrogen) atoms. The molecule has 3 aromatic rings. The number of nitrogens with one attached hydrogen (secondary N) is 2. The number of rotatable bonds is 4.